The number of rotatable bonds is 3. The van der Waals surface area contributed by atoms with Gasteiger partial charge in [0.2, 0.25) is 5.91 Å². The fraction of sp³-hybridized carbons (Fsp3) is 0.533. The van der Waals surface area contributed by atoms with Crippen molar-refractivity contribution in [2.45, 2.75) is 30.9 Å². The van der Waals surface area contributed by atoms with E-state index in [0.29, 0.717) is 25.3 Å². The lowest BCUT2D eigenvalue weighted by Crippen LogP contribution is -2.30. The molecule has 3 atom stereocenters. The maximum atomic E-state index is 12.8. The summed E-state index contributed by atoms with van der Waals surface area (Å²) >= 11 is 0. The highest BCUT2D eigenvalue weighted by atomic mass is 19.4. The Labute approximate surface area is 140 Å². The monoisotopic (exact) mass is 352 g/mol. The molecule has 4 rings (SSSR count). The largest absolute Gasteiger partial charge is 0.433 e. The summed E-state index contributed by atoms with van der Waals surface area (Å²) in [5.74, 6) is 0.514. The number of likely N-dealkylation sites (tertiary alicyclic amines) is 1. The van der Waals surface area contributed by atoms with Crippen LogP contribution in [0.4, 0.5) is 13.2 Å². The number of halogens is 3. The van der Waals surface area contributed by atoms with Gasteiger partial charge in [0.25, 0.3) is 0 Å². The van der Waals surface area contributed by atoms with Crippen LogP contribution in [0.2, 0.25) is 0 Å². The number of hydrogen-bond donors (Lipinski definition) is 1. The average molecular weight is 352 g/mol. The fourth-order valence-electron chi connectivity index (χ4n) is 3.30. The number of aromatic nitrogens is 5. The maximum Gasteiger partial charge on any atom is 0.433 e. The van der Waals surface area contributed by atoms with Crippen LogP contribution < -0.4 is 0 Å². The Bertz CT molecular complexity index is 778. The summed E-state index contributed by atoms with van der Waals surface area (Å²) in [5.41, 5.74) is -0.949. The molecule has 0 aromatic carbocycles. The number of amides is 1. The molecule has 1 saturated carbocycles. The van der Waals surface area contributed by atoms with Crippen molar-refractivity contribution in [3.8, 4) is 0 Å². The Morgan fingerprint density at radius 3 is 2.88 bits per heavy atom. The third kappa shape index (κ3) is 3.08. The number of nitrogens with zero attached hydrogens (tertiary/aromatic N) is 5. The molecule has 2 aromatic rings. The van der Waals surface area contributed by atoms with E-state index in [-0.39, 0.29) is 29.5 Å². The quantitative estimate of drug-likeness (QED) is 0.909. The van der Waals surface area contributed by atoms with Crippen LogP contribution in [0.1, 0.15) is 42.0 Å². The molecule has 1 aliphatic carbocycles. The van der Waals surface area contributed by atoms with Crippen LogP contribution in [0.3, 0.4) is 0 Å². The van der Waals surface area contributed by atoms with Gasteiger partial charge in [0.1, 0.15) is 23.7 Å². The average Bonchev–Trinajstić information content (AvgIpc) is 3.02. The molecule has 2 aromatic heterocycles. The lowest BCUT2D eigenvalue weighted by atomic mass is 10.1. The summed E-state index contributed by atoms with van der Waals surface area (Å²) in [6.07, 6.45) is -0.686. The maximum absolute atomic E-state index is 12.8. The van der Waals surface area contributed by atoms with Crippen LogP contribution in [-0.4, -0.2) is 49.0 Å². The third-order valence-corrected chi connectivity index (χ3v) is 4.72. The number of hydrogen-bond acceptors (Lipinski definition) is 5. The van der Waals surface area contributed by atoms with Crippen LogP contribution in [0.5, 0.6) is 0 Å². The van der Waals surface area contributed by atoms with Gasteiger partial charge in [-0.2, -0.15) is 18.3 Å². The molecule has 2 aliphatic rings. The minimum absolute atomic E-state index is 0.0101. The summed E-state index contributed by atoms with van der Waals surface area (Å²) in [4.78, 5) is 25.9. The van der Waals surface area contributed by atoms with Crippen LogP contribution >= 0.6 is 0 Å². The lowest BCUT2D eigenvalue weighted by Gasteiger charge is -2.16. The molecule has 0 spiro atoms. The highest BCUT2D eigenvalue weighted by Gasteiger charge is 2.48. The van der Waals surface area contributed by atoms with Crippen molar-refractivity contribution in [1.29, 1.82) is 0 Å². The fourth-order valence-corrected chi connectivity index (χ4v) is 3.30. The first-order valence-electron chi connectivity index (χ1n) is 7.97. The second-order valence-electron chi connectivity index (χ2n) is 6.39. The first-order valence-corrected chi connectivity index (χ1v) is 7.97. The van der Waals surface area contributed by atoms with E-state index in [1.54, 1.807) is 4.90 Å². The molecule has 132 valence electrons. The Morgan fingerprint density at radius 1 is 1.32 bits per heavy atom. The first kappa shape index (κ1) is 16.0. The van der Waals surface area contributed by atoms with E-state index < -0.39 is 11.9 Å². The topological polar surface area (TPSA) is 87.7 Å². The molecule has 1 aliphatic heterocycles. The third-order valence-electron chi connectivity index (χ3n) is 4.72. The van der Waals surface area contributed by atoms with Crippen molar-refractivity contribution in [3.63, 3.8) is 0 Å². The molecule has 2 fully saturated rings. The number of alkyl halides is 3. The highest BCUT2D eigenvalue weighted by Crippen LogP contribution is 2.47. The van der Waals surface area contributed by atoms with Gasteiger partial charge < -0.3 is 4.90 Å². The minimum atomic E-state index is -4.50. The van der Waals surface area contributed by atoms with E-state index in [4.69, 9.17) is 0 Å². The summed E-state index contributed by atoms with van der Waals surface area (Å²) in [7, 11) is 0. The second-order valence-corrected chi connectivity index (χ2v) is 6.39. The van der Waals surface area contributed by atoms with Gasteiger partial charge in [-0.05, 0) is 18.9 Å². The zero-order valence-electron chi connectivity index (χ0n) is 13.1. The van der Waals surface area contributed by atoms with E-state index in [1.807, 2.05) is 0 Å². The van der Waals surface area contributed by atoms with E-state index in [2.05, 4.69) is 25.1 Å². The van der Waals surface area contributed by atoms with Gasteiger partial charge in [-0.15, -0.1) is 0 Å². The first-order chi connectivity index (χ1) is 11.9. The van der Waals surface area contributed by atoms with Crippen molar-refractivity contribution in [1.82, 2.24) is 30.0 Å². The number of aromatic amines is 1. The molecular weight excluding hydrogens is 337 g/mol. The molecule has 1 N–H and O–H groups in total. The predicted molar refractivity (Wildman–Crippen MR) is 78.2 cm³/mol. The van der Waals surface area contributed by atoms with Crippen molar-refractivity contribution in [3.05, 3.63) is 35.9 Å². The lowest BCUT2D eigenvalue weighted by molar-refractivity contribution is -0.141. The van der Waals surface area contributed by atoms with Gasteiger partial charge in [-0.3, -0.25) is 9.89 Å². The van der Waals surface area contributed by atoms with E-state index in [1.165, 1.54) is 6.33 Å². The van der Waals surface area contributed by atoms with Gasteiger partial charge in [0.05, 0.1) is 0 Å². The van der Waals surface area contributed by atoms with Gasteiger partial charge >= 0.3 is 6.18 Å². The molecule has 0 bridgehead atoms. The molecular formula is C15H15F3N6O. The smallest absolute Gasteiger partial charge is 0.342 e. The molecule has 3 heterocycles. The molecule has 1 amide bonds. The normalized spacial score (nSPS) is 26.0. The second kappa shape index (κ2) is 5.78. The minimum Gasteiger partial charge on any atom is -0.342 e. The van der Waals surface area contributed by atoms with Gasteiger partial charge in [-0.25, -0.2) is 15.0 Å². The van der Waals surface area contributed by atoms with Crippen LogP contribution in [-0.2, 0) is 11.0 Å². The van der Waals surface area contributed by atoms with Crippen molar-refractivity contribution >= 4 is 5.91 Å². The number of H-pyrrole nitrogens is 1. The SMILES string of the molecule is O=C([C@@H]1C[C@@H]1c1ncn[nH]1)N1CCC(c2nccc(C(F)(F)F)n2)C1. The molecule has 0 radical (unpaired) electrons. The van der Waals surface area contributed by atoms with Crippen molar-refractivity contribution in [2.75, 3.05) is 13.1 Å². The van der Waals surface area contributed by atoms with Gasteiger partial charge in [0.15, 0.2) is 0 Å². The number of carbonyl (C=O) groups is 1. The van der Waals surface area contributed by atoms with Crippen molar-refractivity contribution in [2.24, 2.45) is 5.92 Å². The van der Waals surface area contributed by atoms with E-state index in [9.17, 15) is 18.0 Å². The van der Waals surface area contributed by atoms with E-state index in [0.717, 1.165) is 18.7 Å². The van der Waals surface area contributed by atoms with Crippen LogP contribution in [0.15, 0.2) is 18.6 Å². The van der Waals surface area contributed by atoms with Crippen molar-refractivity contribution < 1.29 is 18.0 Å². The standard InChI is InChI=1S/C15H15F3N6O/c16-15(17,18)11-1-3-19-12(22-11)8-2-4-24(6-8)14(25)10-5-9(10)13-20-7-21-23-13/h1,3,7-10H,2,4-6H2,(H,20,21,23)/t8?,9-,10+/m0/s1. The summed E-state index contributed by atoms with van der Waals surface area (Å²) < 4.78 is 38.3. The van der Waals surface area contributed by atoms with E-state index >= 15 is 0 Å². The zero-order chi connectivity index (χ0) is 17.6. The number of carbonyl (C=O) groups excluding carboxylic acids is 1. The van der Waals surface area contributed by atoms with Gasteiger partial charge in [-0.1, -0.05) is 0 Å². The summed E-state index contributed by atoms with van der Waals surface area (Å²) in [6, 6.07) is 0.855. The van der Waals surface area contributed by atoms with Crippen LogP contribution in [0, 0.1) is 5.92 Å². The van der Waals surface area contributed by atoms with Gasteiger partial charge in [0, 0.05) is 37.0 Å². The number of nitrogens with one attached hydrogen (secondary N) is 1. The summed E-state index contributed by atoms with van der Waals surface area (Å²) in [6.45, 7) is 0.850. The molecule has 7 nitrogen and oxygen atoms in total. The molecule has 10 heteroatoms. The van der Waals surface area contributed by atoms with Crippen LogP contribution in [0.25, 0.3) is 0 Å². The molecule has 1 saturated heterocycles. The molecule has 25 heavy (non-hydrogen) atoms. The Balaban J connectivity index is 1.41. The predicted octanol–water partition coefficient (Wildman–Crippen LogP) is 1.73. The Morgan fingerprint density at radius 2 is 2.16 bits per heavy atom. The summed E-state index contributed by atoms with van der Waals surface area (Å²) in [5, 5.41) is 6.56. The Hall–Kier alpha value is -2.52. The highest BCUT2D eigenvalue weighted by molar-refractivity contribution is 5.83. The Kier molecular flexibility index (Phi) is 3.69. The molecule has 1 unspecified atom stereocenters. The zero-order valence-corrected chi connectivity index (χ0v) is 13.1.